The zero-order chi connectivity index (χ0) is 12.5. The molecular formula is C8H3F5N2O. The Morgan fingerprint density at radius 1 is 1.38 bits per heavy atom. The van der Waals surface area contributed by atoms with Gasteiger partial charge in [0, 0.05) is 0 Å². The van der Waals surface area contributed by atoms with Crippen LogP contribution in [0.4, 0.5) is 22.0 Å². The van der Waals surface area contributed by atoms with Crippen LogP contribution in [0.1, 0.15) is 23.2 Å². The van der Waals surface area contributed by atoms with E-state index in [4.69, 9.17) is 5.26 Å². The molecule has 1 aromatic rings. The largest absolute Gasteiger partial charge is 0.421 e. The van der Waals surface area contributed by atoms with Gasteiger partial charge >= 0.3 is 6.18 Å². The number of hydrogen-bond acceptors (Lipinski definition) is 2. The number of aromatic amines is 1. The highest BCUT2D eigenvalue weighted by Crippen LogP contribution is 2.30. The monoisotopic (exact) mass is 238 g/mol. The second-order valence-electron chi connectivity index (χ2n) is 2.75. The van der Waals surface area contributed by atoms with Gasteiger partial charge in [-0.2, -0.15) is 18.4 Å². The van der Waals surface area contributed by atoms with E-state index in [0.717, 1.165) is 0 Å². The molecule has 1 rings (SSSR count). The Hall–Kier alpha value is -1.91. The Bertz CT molecular complexity index is 497. The molecule has 0 spiro atoms. The van der Waals surface area contributed by atoms with Crippen LogP contribution in [0.2, 0.25) is 0 Å². The molecule has 1 aromatic heterocycles. The lowest BCUT2D eigenvalue weighted by Crippen LogP contribution is -2.23. The summed E-state index contributed by atoms with van der Waals surface area (Å²) in [5, 5.41) is 8.35. The van der Waals surface area contributed by atoms with Crippen LogP contribution >= 0.6 is 0 Å². The Balaban J connectivity index is 3.54. The molecule has 0 unspecified atom stereocenters. The van der Waals surface area contributed by atoms with Crippen LogP contribution in [0.15, 0.2) is 10.9 Å². The SMILES string of the molecule is N#Cc1[nH]c(=O)c(C(F)(F)F)cc1C(F)F. The van der Waals surface area contributed by atoms with Gasteiger partial charge in [0.1, 0.15) is 17.3 Å². The van der Waals surface area contributed by atoms with Crippen molar-refractivity contribution in [2.45, 2.75) is 12.6 Å². The number of rotatable bonds is 1. The maximum atomic E-state index is 12.3. The molecule has 0 aliphatic rings. The third kappa shape index (κ3) is 2.18. The predicted molar refractivity (Wildman–Crippen MR) is 41.7 cm³/mol. The van der Waals surface area contributed by atoms with Crippen LogP contribution in [-0.4, -0.2) is 4.98 Å². The smallest absolute Gasteiger partial charge is 0.313 e. The first-order chi connectivity index (χ1) is 7.27. The molecule has 0 amide bonds. The van der Waals surface area contributed by atoms with Crippen LogP contribution in [0, 0.1) is 11.3 Å². The van der Waals surface area contributed by atoms with Gasteiger partial charge in [0.05, 0.1) is 5.56 Å². The summed E-state index contributed by atoms with van der Waals surface area (Å²) in [7, 11) is 0. The van der Waals surface area contributed by atoms with Gasteiger partial charge in [-0.1, -0.05) is 0 Å². The number of aromatic nitrogens is 1. The quantitative estimate of drug-likeness (QED) is 0.762. The number of nitriles is 1. The fourth-order valence-electron chi connectivity index (χ4n) is 1.02. The molecule has 0 atom stereocenters. The Morgan fingerprint density at radius 3 is 2.31 bits per heavy atom. The maximum absolute atomic E-state index is 12.3. The van der Waals surface area contributed by atoms with E-state index in [1.54, 1.807) is 0 Å². The van der Waals surface area contributed by atoms with Crippen LogP contribution in [0.25, 0.3) is 0 Å². The molecule has 3 nitrogen and oxygen atoms in total. The Kier molecular flexibility index (Phi) is 2.98. The van der Waals surface area contributed by atoms with Crippen molar-refractivity contribution in [3.63, 3.8) is 0 Å². The molecule has 8 heteroatoms. The van der Waals surface area contributed by atoms with Crippen molar-refractivity contribution in [1.29, 1.82) is 5.26 Å². The van der Waals surface area contributed by atoms with Gasteiger partial charge in [-0.15, -0.1) is 0 Å². The zero-order valence-electron chi connectivity index (χ0n) is 7.40. The molecule has 1 heterocycles. The fraction of sp³-hybridized carbons (Fsp3) is 0.250. The summed E-state index contributed by atoms with van der Waals surface area (Å²) in [4.78, 5) is 12.3. The van der Waals surface area contributed by atoms with Crippen molar-refractivity contribution >= 4 is 0 Å². The highest BCUT2D eigenvalue weighted by molar-refractivity contribution is 5.35. The van der Waals surface area contributed by atoms with Gasteiger partial charge in [-0.25, -0.2) is 8.78 Å². The van der Waals surface area contributed by atoms with Gasteiger partial charge < -0.3 is 4.98 Å². The second kappa shape index (κ2) is 3.92. The lowest BCUT2D eigenvalue weighted by atomic mass is 10.1. The predicted octanol–water partition coefficient (Wildman–Crippen LogP) is 2.20. The lowest BCUT2D eigenvalue weighted by molar-refractivity contribution is -0.138. The summed E-state index contributed by atoms with van der Waals surface area (Å²) >= 11 is 0. The van der Waals surface area contributed by atoms with Gasteiger partial charge in [0.2, 0.25) is 0 Å². The van der Waals surface area contributed by atoms with Gasteiger partial charge in [0.15, 0.2) is 0 Å². The van der Waals surface area contributed by atoms with Gasteiger partial charge in [0.25, 0.3) is 12.0 Å². The molecule has 0 radical (unpaired) electrons. The van der Waals surface area contributed by atoms with Crippen molar-refractivity contribution in [1.82, 2.24) is 4.98 Å². The summed E-state index contributed by atoms with van der Waals surface area (Å²) in [5.74, 6) is 0. The molecule has 16 heavy (non-hydrogen) atoms. The van der Waals surface area contributed by atoms with E-state index in [1.807, 2.05) is 0 Å². The average molecular weight is 238 g/mol. The Morgan fingerprint density at radius 2 is 1.94 bits per heavy atom. The standard InChI is InChI=1S/C8H3F5N2O/c9-6(10)3-1-4(8(11,12)13)7(16)15-5(3)2-14/h1,6H,(H,15,16). The molecule has 0 saturated heterocycles. The minimum Gasteiger partial charge on any atom is -0.313 e. The lowest BCUT2D eigenvalue weighted by Gasteiger charge is -2.08. The molecule has 0 saturated carbocycles. The number of nitrogens with zero attached hydrogens (tertiary/aromatic N) is 1. The molecule has 0 fully saturated rings. The summed E-state index contributed by atoms with van der Waals surface area (Å²) in [6, 6.07) is 1.18. The first kappa shape index (κ1) is 12.2. The molecular weight excluding hydrogens is 235 g/mol. The van der Waals surface area contributed by atoms with E-state index in [-0.39, 0.29) is 6.07 Å². The second-order valence-corrected chi connectivity index (χ2v) is 2.75. The topological polar surface area (TPSA) is 56.6 Å². The van der Waals surface area contributed by atoms with Gasteiger partial charge in [-0.05, 0) is 6.07 Å². The molecule has 1 N–H and O–H groups in total. The van der Waals surface area contributed by atoms with Crippen LogP contribution in [-0.2, 0) is 6.18 Å². The van der Waals surface area contributed by atoms with Gasteiger partial charge in [-0.3, -0.25) is 4.79 Å². The summed E-state index contributed by atoms with van der Waals surface area (Å²) < 4.78 is 61.1. The summed E-state index contributed by atoms with van der Waals surface area (Å²) in [6.07, 6.45) is -8.31. The average Bonchev–Trinajstić information content (AvgIpc) is 2.14. The van der Waals surface area contributed by atoms with Crippen molar-refractivity contribution in [3.8, 4) is 6.07 Å². The third-order valence-electron chi connectivity index (χ3n) is 1.72. The number of pyridine rings is 1. The minimum atomic E-state index is -5.04. The number of alkyl halides is 5. The van der Waals surface area contributed by atoms with Crippen molar-refractivity contribution in [2.75, 3.05) is 0 Å². The molecule has 0 aliphatic heterocycles. The minimum absolute atomic E-state index is 0.0119. The first-order valence-electron chi connectivity index (χ1n) is 3.80. The van der Waals surface area contributed by atoms with Crippen molar-refractivity contribution in [3.05, 3.63) is 33.2 Å². The number of H-pyrrole nitrogens is 1. The number of nitrogens with one attached hydrogen (secondary N) is 1. The molecule has 0 bridgehead atoms. The van der Waals surface area contributed by atoms with Crippen LogP contribution < -0.4 is 5.56 Å². The van der Waals surface area contributed by atoms with E-state index in [2.05, 4.69) is 0 Å². The van der Waals surface area contributed by atoms with Crippen molar-refractivity contribution in [2.24, 2.45) is 0 Å². The molecule has 0 aromatic carbocycles. The highest BCUT2D eigenvalue weighted by atomic mass is 19.4. The summed E-state index contributed by atoms with van der Waals surface area (Å²) in [6.45, 7) is 0. The van der Waals surface area contributed by atoms with Crippen LogP contribution in [0.3, 0.4) is 0 Å². The zero-order valence-corrected chi connectivity index (χ0v) is 7.40. The van der Waals surface area contributed by atoms with Crippen molar-refractivity contribution < 1.29 is 22.0 Å². The maximum Gasteiger partial charge on any atom is 0.421 e. The summed E-state index contributed by atoms with van der Waals surface area (Å²) in [5.41, 5.74) is -5.38. The highest BCUT2D eigenvalue weighted by Gasteiger charge is 2.35. The van der Waals surface area contributed by atoms with Crippen LogP contribution in [0.5, 0.6) is 0 Å². The Labute approximate surface area is 85.1 Å². The van der Waals surface area contributed by atoms with E-state index < -0.39 is 35.0 Å². The fourth-order valence-corrected chi connectivity index (χ4v) is 1.02. The van der Waals surface area contributed by atoms with E-state index in [9.17, 15) is 26.7 Å². The molecule has 86 valence electrons. The molecule has 0 aliphatic carbocycles. The first-order valence-corrected chi connectivity index (χ1v) is 3.80. The number of hydrogen-bond donors (Lipinski definition) is 1. The number of halogens is 5. The van der Waals surface area contributed by atoms with E-state index in [1.165, 1.54) is 11.1 Å². The normalized spacial score (nSPS) is 11.6. The van der Waals surface area contributed by atoms with E-state index >= 15 is 0 Å². The van der Waals surface area contributed by atoms with E-state index in [0.29, 0.717) is 0 Å². The third-order valence-corrected chi connectivity index (χ3v) is 1.72.